The molecular formula is C21H24N2O3S. The smallest absolute Gasteiger partial charge is 0.262 e. The lowest BCUT2D eigenvalue weighted by Crippen LogP contribution is -2.24. The highest BCUT2D eigenvalue weighted by atomic mass is 32.2. The maximum absolute atomic E-state index is 12.6. The van der Waals surface area contributed by atoms with Crippen molar-refractivity contribution in [3.05, 3.63) is 63.9 Å². The van der Waals surface area contributed by atoms with Crippen molar-refractivity contribution < 1.29 is 9.84 Å². The number of hydrogen-bond donors (Lipinski definition) is 1. The predicted octanol–water partition coefficient (Wildman–Crippen LogP) is 3.57. The number of hydrogen-bond acceptors (Lipinski definition) is 5. The minimum absolute atomic E-state index is 0.0495. The number of rotatable bonds is 7. The second-order valence-electron chi connectivity index (χ2n) is 6.56. The van der Waals surface area contributed by atoms with E-state index in [-0.39, 0.29) is 12.2 Å². The molecule has 0 saturated heterocycles. The number of benzene rings is 2. The zero-order valence-corrected chi connectivity index (χ0v) is 16.6. The monoisotopic (exact) mass is 384 g/mol. The van der Waals surface area contributed by atoms with Crippen molar-refractivity contribution >= 4 is 22.7 Å². The normalized spacial score (nSPS) is 12.3. The number of aliphatic hydroxyl groups excluding tert-OH is 1. The van der Waals surface area contributed by atoms with Crippen molar-refractivity contribution in [2.45, 2.75) is 38.6 Å². The van der Waals surface area contributed by atoms with Gasteiger partial charge in [-0.05, 0) is 56.2 Å². The molecule has 0 amide bonds. The molecule has 0 saturated carbocycles. The SMILES string of the molecule is CCn1c(SC[C@H](O)COc2cc(C)cc(C)c2)nc2ccccc2c1=O. The summed E-state index contributed by atoms with van der Waals surface area (Å²) < 4.78 is 7.36. The Morgan fingerprint density at radius 1 is 1.19 bits per heavy atom. The highest BCUT2D eigenvalue weighted by molar-refractivity contribution is 7.99. The molecule has 0 fully saturated rings. The van der Waals surface area contributed by atoms with Gasteiger partial charge in [-0.15, -0.1) is 0 Å². The molecule has 0 aliphatic rings. The first-order valence-electron chi connectivity index (χ1n) is 8.99. The van der Waals surface area contributed by atoms with E-state index in [0.29, 0.717) is 28.4 Å². The Hall–Kier alpha value is -2.31. The molecule has 1 N–H and O–H groups in total. The highest BCUT2D eigenvalue weighted by Crippen LogP contribution is 2.20. The fourth-order valence-corrected chi connectivity index (χ4v) is 3.93. The topological polar surface area (TPSA) is 64.3 Å². The van der Waals surface area contributed by atoms with E-state index in [0.717, 1.165) is 16.9 Å². The van der Waals surface area contributed by atoms with E-state index < -0.39 is 6.10 Å². The summed E-state index contributed by atoms with van der Waals surface area (Å²) in [5, 5.41) is 11.5. The maximum Gasteiger partial charge on any atom is 0.262 e. The van der Waals surface area contributed by atoms with Gasteiger partial charge in [0.25, 0.3) is 5.56 Å². The van der Waals surface area contributed by atoms with E-state index in [1.54, 1.807) is 10.6 Å². The molecule has 0 spiro atoms. The van der Waals surface area contributed by atoms with Crippen LogP contribution in [-0.4, -0.2) is 33.1 Å². The van der Waals surface area contributed by atoms with Gasteiger partial charge in [-0.2, -0.15) is 0 Å². The first kappa shape index (κ1) is 19.5. The van der Waals surface area contributed by atoms with Crippen LogP contribution >= 0.6 is 11.8 Å². The van der Waals surface area contributed by atoms with Crippen LogP contribution in [0.15, 0.2) is 52.4 Å². The summed E-state index contributed by atoms with van der Waals surface area (Å²) in [7, 11) is 0. The van der Waals surface area contributed by atoms with Crippen molar-refractivity contribution in [2.24, 2.45) is 0 Å². The lowest BCUT2D eigenvalue weighted by atomic mass is 10.1. The van der Waals surface area contributed by atoms with Crippen molar-refractivity contribution in [2.75, 3.05) is 12.4 Å². The Kier molecular flexibility index (Phi) is 6.19. The first-order chi connectivity index (χ1) is 13.0. The zero-order chi connectivity index (χ0) is 19.4. The van der Waals surface area contributed by atoms with Crippen LogP contribution in [0, 0.1) is 13.8 Å². The van der Waals surface area contributed by atoms with E-state index in [2.05, 4.69) is 11.1 Å². The van der Waals surface area contributed by atoms with Gasteiger partial charge in [-0.3, -0.25) is 9.36 Å². The van der Waals surface area contributed by atoms with Crippen molar-refractivity contribution in [3.63, 3.8) is 0 Å². The van der Waals surface area contributed by atoms with Gasteiger partial charge in [0, 0.05) is 12.3 Å². The minimum Gasteiger partial charge on any atom is -0.491 e. The average Bonchev–Trinajstić information content (AvgIpc) is 2.64. The quantitative estimate of drug-likeness (QED) is 0.498. The second kappa shape index (κ2) is 8.59. The Morgan fingerprint density at radius 3 is 2.59 bits per heavy atom. The summed E-state index contributed by atoms with van der Waals surface area (Å²) in [4.78, 5) is 17.2. The molecule has 1 aromatic heterocycles. The molecule has 27 heavy (non-hydrogen) atoms. The Morgan fingerprint density at radius 2 is 1.89 bits per heavy atom. The lowest BCUT2D eigenvalue weighted by molar-refractivity contribution is 0.126. The molecule has 1 atom stereocenters. The summed E-state index contributed by atoms with van der Waals surface area (Å²) in [5.41, 5.74) is 2.88. The molecule has 3 rings (SSSR count). The van der Waals surface area contributed by atoms with Gasteiger partial charge in [0.2, 0.25) is 0 Å². The lowest BCUT2D eigenvalue weighted by Gasteiger charge is -2.15. The van der Waals surface area contributed by atoms with Gasteiger partial charge in [0.15, 0.2) is 5.16 Å². The number of thioether (sulfide) groups is 1. The molecule has 0 aliphatic heterocycles. The molecular weight excluding hydrogens is 360 g/mol. The third-order valence-corrected chi connectivity index (χ3v) is 5.31. The standard InChI is InChI=1S/C21H24N2O3S/c1-4-23-20(25)18-7-5-6-8-19(18)22-21(23)27-13-16(24)12-26-17-10-14(2)9-15(3)11-17/h5-11,16,24H,4,12-13H2,1-3H3/t16-/m1/s1. The Balaban J connectivity index is 1.68. The number of fused-ring (bicyclic) bond motifs is 1. The molecule has 0 unspecified atom stereocenters. The maximum atomic E-state index is 12.6. The molecule has 3 aromatic rings. The molecule has 5 nitrogen and oxygen atoms in total. The Labute approximate surface area is 163 Å². The van der Waals surface area contributed by atoms with Gasteiger partial charge < -0.3 is 9.84 Å². The number of ether oxygens (including phenoxy) is 1. The Bertz CT molecular complexity index is 980. The molecule has 1 heterocycles. The second-order valence-corrected chi connectivity index (χ2v) is 7.55. The largest absolute Gasteiger partial charge is 0.491 e. The third-order valence-electron chi connectivity index (χ3n) is 4.19. The van der Waals surface area contributed by atoms with Crippen LogP contribution in [0.1, 0.15) is 18.1 Å². The highest BCUT2D eigenvalue weighted by Gasteiger charge is 2.13. The molecule has 0 bridgehead atoms. The molecule has 142 valence electrons. The summed E-state index contributed by atoms with van der Waals surface area (Å²) >= 11 is 1.37. The van der Waals surface area contributed by atoms with Crippen LogP contribution in [-0.2, 0) is 6.54 Å². The van der Waals surface area contributed by atoms with Crippen LogP contribution in [0.4, 0.5) is 0 Å². The van der Waals surface area contributed by atoms with Crippen LogP contribution in [0.3, 0.4) is 0 Å². The summed E-state index contributed by atoms with van der Waals surface area (Å²) in [5.74, 6) is 1.15. The van der Waals surface area contributed by atoms with Gasteiger partial charge in [-0.25, -0.2) is 4.98 Å². The number of nitrogens with zero attached hydrogens (tertiary/aromatic N) is 2. The van der Waals surface area contributed by atoms with E-state index in [1.165, 1.54) is 11.8 Å². The number of aromatic nitrogens is 2. The van der Waals surface area contributed by atoms with Gasteiger partial charge in [0.1, 0.15) is 12.4 Å². The predicted molar refractivity (Wildman–Crippen MR) is 110 cm³/mol. The van der Waals surface area contributed by atoms with E-state index in [1.807, 2.05) is 51.1 Å². The van der Waals surface area contributed by atoms with Gasteiger partial charge >= 0.3 is 0 Å². The number of aliphatic hydroxyl groups is 1. The molecule has 6 heteroatoms. The van der Waals surface area contributed by atoms with Crippen LogP contribution in [0.5, 0.6) is 5.75 Å². The number of aryl methyl sites for hydroxylation is 2. The first-order valence-corrected chi connectivity index (χ1v) is 9.98. The summed E-state index contributed by atoms with van der Waals surface area (Å²) in [6.07, 6.45) is -0.663. The van der Waals surface area contributed by atoms with E-state index in [4.69, 9.17) is 4.74 Å². The average molecular weight is 385 g/mol. The van der Waals surface area contributed by atoms with Crippen molar-refractivity contribution in [1.29, 1.82) is 0 Å². The summed E-state index contributed by atoms with van der Waals surface area (Å²) in [6, 6.07) is 13.3. The van der Waals surface area contributed by atoms with E-state index in [9.17, 15) is 9.90 Å². The van der Waals surface area contributed by atoms with E-state index >= 15 is 0 Å². The fourth-order valence-electron chi connectivity index (χ4n) is 2.96. The van der Waals surface area contributed by atoms with Crippen LogP contribution in [0.2, 0.25) is 0 Å². The van der Waals surface area contributed by atoms with Crippen LogP contribution in [0.25, 0.3) is 10.9 Å². The van der Waals surface area contributed by atoms with Crippen molar-refractivity contribution in [3.8, 4) is 5.75 Å². The molecule has 0 radical (unpaired) electrons. The fraction of sp³-hybridized carbons (Fsp3) is 0.333. The van der Waals surface area contributed by atoms with Gasteiger partial charge in [-0.1, -0.05) is 30.0 Å². The van der Waals surface area contributed by atoms with Crippen LogP contribution < -0.4 is 10.3 Å². The van der Waals surface area contributed by atoms with Crippen molar-refractivity contribution in [1.82, 2.24) is 9.55 Å². The van der Waals surface area contributed by atoms with Gasteiger partial charge in [0.05, 0.1) is 17.0 Å². The zero-order valence-electron chi connectivity index (χ0n) is 15.8. The minimum atomic E-state index is -0.663. The third kappa shape index (κ3) is 4.70. The molecule has 2 aromatic carbocycles. The summed E-state index contributed by atoms with van der Waals surface area (Å²) in [6.45, 7) is 6.68. The molecule has 0 aliphatic carbocycles. The number of para-hydroxylation sites is 1.